The topological polar surface area (TPSA) is 71.3 Å². The highest BCUT2D eigenvalue weighted by molar-refractivity contribution is 5.78. The number of pyridine rings is 1. The number of benzene rings is 1. The van der Waals surface area contributed by atoms with Gasteiger partial charge in [-0.1, -0.05) is 18.2 Å². The van der Waals surface area contributed by atoms with Crippen LogP contribution in [0.15, 0.2) is 53.1 Å². The summed E-state index contributed by atoms with van der Waals surface area (Å²) in [5, 5.41) is 2.93. The number of rotatable bonds is 5. The van der Waals surface area contributed by atoms with Crippen molar-refractivity contribution in [3.8, 4) is 0 Å². The smallest absolute Gasteiger partial charge is 0.234 e. The monoisotopic (exact) mass is 350 g/mol. The van der Waals surface area contributed by atoms with Crippen molar-refractivity contribution in [2.24, 2.45) is 0 Å². The van der Waals surface area contributed by atoms with Crippen molar-refractivity contribution in [2.45, 2.75) is 25.3 Å². The van der Waals surface area contributed by atoms with Gasteiger partial charge in [0.25, 0.3) is 0 Å². The van der Waals surface area contributed by atoms with Gasteiger partial charge >= 0.3 is 0 Å². The number of piperidine rings is 1. The number of para-hydroxylation sites is 2. The van der Waals surface area contributed by atoms with Crippen molar-refractivity contribution < 1.29 is 9.21 Å². The number of likely N-dealkylation sites (tertiary alicyclic amines) is 1. The molecule has 0 radical (unpaired) electrons. The highest BCUT2D eigenvalue weighted by Crippen LogP contribution is 2.29. The molecule has 0 spiro atoms. The molecule has 26 heavy (non-hydrogen) atoms. The molecule has 0 unspecified atom stereocenters. The van der Waals surface area contributed by atoms with Crippen molar-refractivity contribution in [2.75, 3.05) is 19.6 Å². The lowest BCUT2D eigenvalue weighted by molar-refractivity contribution is -0.122. The molecule has 3 heterocycles. The Bertz CT molecular complexity index is 837. The summed E-state index contributed by atoms with van der Waals surface area (Å²) in [4.78, 5) is 23.2. The molecule has 134 valence electrons. The van der Waals surface area contributed by atoms with Gasteiger partial charge in [0.1, 0.15) is 5.52 Å². The molecule has 0 saturated carbocycles. The summed E-state index contributed by atoms with van der Waals surface area (Å²) in [6.45, 7) is 2.65. The molecule has 2 aromatic heterocycles. The second-order valence-electron chi connectivity index (χ2n) is 6.67. The van der Waals surface area contributed by atoms with Gasteiger partial charge < -0.3 is 9.73 Å². The molecule has 1 amide bonds. The molecule has 0 atom stereocenters. The van der Waals surface area contributed by atoms with Crippen LogP contribution in [0.2, 0.25) is 0 Å². The van der Waals surface area contributed by atoms with Gasteiger partial charge in [0, 0.05) is 12.1 Å². The number of aromatic nitrogens is 2. The molecule has 6 heteroatoms. The van der Waals surface area contributed by atoms with E-state index in [1.807, 2.05) is 42.5 Å². The maximum atomic E-state index is 12.1. The van der Waals surface area contributed by atoms with Gasteiger partial charge in [-0.25, -0.2) is 4.98 Å². The second kappa shape index (κ2) is 7.66. The summed E-state index contributed by atoms with van der Waals surface area (Å²) < 4.78 is 5.90. The van der Waals surface area contributed by atoms with Gasteiger partial charge in [0.15, 0.2) is 11.5 Å². The molecule has 4 rings (SSSR count). The summed E-state index contributed by atoms with van der Waals surface area (Å²) in [5.41, 5.74) is 2.63. The molecule has 1 fully saturated rings. The first-order valence-corrected chi connectivity index (χ1v) is 9.02. The van der Waals surface area contributed by atoms with E-state index in [1.165, 1.54) is 0 Å². The molecule has 0 bridgehead atoms. The summed E-state index contributed by atoms with van der Waals surface area (Å²) in [6.07, 6.45) is 3.65. The molecular weight excluding hydrogens is 328 g/mol. The van der Waals surface area contributed by atoms with E-state index in [9.17, 15) is 4.79 Å². The Morgan fingerprint density at radius 3 is 2.73 bits per heavy atom. The van der Waals surface area contributed by atoms with E-state index in [1.54, 1.807) is 6.20 Å². The molecule has 1 N–H and O–H groups in total. The lowest BCUT2D eigenvalue weighted by Gasteiger charge is -2.29. The number of nitrogens with one attached hydrogen (secondary N) is 1. The second-order valence-corrected chi connectivity index (χ2v) is 6.67. The first-order chi connectivity index (χ1) is 12.8. The number of hydrogen-bond acceptors (Lipinski definition) is 5. The summed E-state index contributed by atoms with van der Waals surface area (Å²) in [7, 11) is 0. The van der Waals surface area contributed by atoms with Crippen LogP contribution >= 0.6 is 0 Å². The molecular formula is C20H22N4O2. The number of hydrogen-bond donors (Lipinski definition) is 1. The average Bonchev–Trinajstić information content (AvgIpc) is 3.12. The number of fused-ring (bicyclic) bond motifs is 1. The van der Waals surface area contributed by atoms with Gasteiger partial charge in [0.05, 0.1) is 18.8 Å². The number of amides is 1. The van der Waals surface area contributed by atoms with Crippen LogP contribution in [0.3, 0.4) is 0 Å². The van der Waals surface area contributed by atoms with Crippen LogP contribution in [0.5, 0.6) is 0 Å². The zero-order valence-corrected chi connectivity index (χ0v) is 14.6. The van der Waals surface area contributed by atoms with Crippen molar-refractivity contribution in [3.05, 3.63) is 60.2 Å². The van der Waals surface area contributed by atoms with Crippen LogP contribution in [0.25, 0.3) is 11.1 Å². The Labute approximate surface area is 152 Å². The lowest BCUT2D eigenvalue weighted by atomic mass is 9.97. The molecule has 1 aliphatic rings. The third-order valence-electron chi connectivity index (χ3n) is 4.81. The maximum absolute atomic E-state index is 12.1. The van der Waals surface area contributed by atoms with E-state index in [0.717, 1.165) is 48.6 Å². The van der Waals surface area contributed by atoms with Crippen LogP contribution in [0.1, 0.15) is 30.3 Å². The molecule has 3 aromatic rings. The SMILES string of the molecule is O=C(CN1CCC(c2nc3ccccc3o2)CC1)NCc1ccccn1. The summed E-state index contributed by atoms with van der Waals surface area (Å²) in [6, 6.07) is 13.6. The highest BCUT2D eigenvalue weighted by atomic mass is 16.3. The largest absolute Gasteiger partial charge is 0.440 e. The Hall–Kier alpha value is -2.73. The standard InChI is InChI=1S/C20H22N4O2/c25-19(22-13-16-5-3-4-10-21-16)14-24-11-8-15(9-12-24)20-23-17-6-1-2-7-18(17)26-20/h1-7,10,15H,8-9,11-14H2,(H,22,25). The average molecular weight is 350 g/mol. The zero-order valence-electron chi connectivity index (χ0n) is 14.6. The van der Waals surface area contributed by atoms with Gasteiger partial charge in [-0.05, 0) is 50.2 Å². The third kappa shape index (κ3) is 3.91. The van der Waals surface area contributed by atoms with E-state index in [4.69, 9.17) is 4.42 Å². The number of oxazole rings is 1. The zero-order chi connectivity index (χ0) is 17.8. The van der Waals surface area contributed by atoms with E-state index in [-0.39, 0.29) is 5.91 Å². The minimum absolute atomic E-state index is 0.0379. The van der Waals surface area contributed by atoms with Crippen LogP contribution < -0.4 is 5.32 Å². The Kier molecular flexibility index (Phi) is 4.93. The predicted octanol–water partition coefficient (Wildman–Crippen LogP) is 2.72. The number of carbonyl (C=O) groups excluding carboxylic acids is 1. The van der Waals surface area contributed by atoms with Crippen LogP contribution in [0.4, 0.5) is 0 Å². The number of carbonyl (C=O) groups is 1. The molecule has 0 aliphatic carbocycles. The minimum Gasteiger partial charge on any atom is -0.440 e. The van der Waals surface area contributed by atoms with Crippen LogP contribution in [0, 0.1) is 0 Å². The molecule has 1 aromatic carbocycles. The quantitative estimate of drug-likeness (QED) is 0.766. The van der Waals surface area contributed by atoms with Crippen LogP contribution in [-0.2, 0) is 11.3 Å². The lowest BCUT2D eigenvalue weighted by Crippen LogP contribution is -2.41. The van der Waals surface area contributed by atoms with Gasteiger partial charge in [-0.15, -0.1) is 0 Å². The number of nitrogens with zero attached hydrogens (tertiary/aromatic N) is 3. The van der Waals surface area contributed by atoms with Crippen molar-refractivity contribution >= 4 is 17.0 Å². The van der Waals surface area contributed by atoms with E-state index >= 15 is 0 Å². The minimum atomic E-state index is 0.0379. The van der Waals surface area contributed by atoms with Crippen molar-refractivity contribution in [1.29, 1.82) is 0 Å². The van der Waals surface area contributed by atoms with Gasteiger partial charge in [-0.2, -0.15) is 0 Å². The Morgan fingerprint density at radius 1 is 1.15 bits per heavy atom. The first-order valence-electron chi connectivity index (χ1n) is 9.02. The first kappa shape index (κ1) is 16.7. The van der Waals surface area contributed by atoms with Crippen molar-refractivity contribution in [3.63, 3.8) is 0 Å². The van der Waals surface area contributed by atoms with Gasteiger partial charge in [0.2, 0.25) is 5.91 Å². The Morgan fingerprint density at radius 2 is 1.96 bits per heavy atom. The highest BCUT2D eigenvalue weighted by Gasteiger charge is 2.25. The summed E-state index contributed by atoms with van der Waals surface area (Å²) in [5.74, 6) is 1.19. The molecule has 1 aliphatic heterocycles. The summed E-state index contributed by atoms with van der Waals surface area (Å²) >= 11 is 0. The van der Waals surface area contributed by atoms with Gasteiger partial charge in [-0.3, -0.25) is 14.7 Å². The van der Waals surface area contributed by atoms with E-state index in [0.29, 0.717) is 19.0 Å². The third-order valence-corrected chi connectivity index (χ3v) is 4.81. The fraction of sp³-hybridized carbons (Fsp3) is 0.350. The fourth-order valence-corrected chi connectivity index (χ4v) is 3.35. The fourth-order valence-electron chi connectivity index (χ4n) is 3.35. The maximum Gasteiger partial charge on any atom is 0.234 e. The molecule has 1 saturated heterocycles. The van der Waals surface area contributed by atoms with E-state index in [2.05, 4.69) is 20.2 Å². The normalized spacial score (nSPS) is 16.0. The Balaban J connectivity index is 1.26. The van der Waals surface area contributed by atoms with E-state index < -0.39 is 0 Å². The van der Waals surface area contributed by atoms with Crippen molar-refractivity contribution in [1.82, 2.24) is 20.2 Å². The van der Waals surface area contributed by atoms with Crippen LogP contribution in [-0.4, -0.2) is 40.4 Å². The predicted molar refractivity (Wildman–Crippen MR) is 98.5 cm³/mol. The molecule has 6 nitrogen and oxygen atoms in total.